The normalized spacial score (nSPS) is 16.2. The van der Waals surface area contributed by atoms with Gasteiger partial charge in [-0.1, -0.05) is 23.8 Å². The molecule has 1 aliphatic rings. The largest absolute Gasteiger partial charge is 0.207 e. The highest BCUT2D eigenvalue weighted by atomic mass is 19.1. The Labute approximate surface area is 78.1 Å². The maximum Gasteiger partial charge on any atom is 0.123 e. The van der Waals surface area contributed by atoms with Gasteiger partial charge < -0.3 is 0 Å². The van der Waals surface area contributed by atoms with Crippen LogP contribution >= 0.6 is 0 Å². The Kier molecular flexibility index (Phi) is 2.44. The molecule has 0 spiro atoms. The molecule has 0 saturated heterocycles. The van der Waals surface area contributed by atoms with Crippen LogP contribution in [0.3, 0.4) is 0 Å². The minimum absolute atomic E-state index is 0.159. The summed E-state index contributed by atoms with van der Waals surface area (Å²) < 4.78 is 12.6. The van der Waals surface area contributed by atoms with Crippen molar-refractivity contribution >= 4 is 6.08 Å². The molecule has 0 nitrogen and oxygen atoms in total. The molecular formula is C12H13F. The first-order valence-electron chi connectivity index (χ1n) is 4.79. The Morgan fingerprint density at radius 1 is 1.00 bits per heavy atom. The smallest absolute Gasteiger partial charge is 0.123 e. The number of benzene rings is 1. The number of hydrogen-bond acceptors (Lipinski definition) is 0. The Morgan fingerprint density at radius 2 is 1.62 bits per heavy atom. The molecule has 0 N–H and O–H groups in total. The van der Waals surface area contributed by atoms with Crippen molar-refractivity contribution in [3.8, 4) is 0 Å². The maximum atomic E-state index is 12.6. The number of hydrogen-bond donors (Lipinski definition) is 0. The van der Waals surface area contributed by atoms with Crippen LogP contribution in [-0.4, -0.2) is 0 Å². The van der Waals surface area contributed by atoms with E-state index in [1.54, 1.807) is 0 Å². The second-order valence-corrected chi connectivity index (χ2v) is 3.56. The van der Waals surface area contributed by atoms with Crippen molar-refractivity contribution < 1.29 is 4.39 Å². The van der Waals surface area contributed by atoms with Crippen LogP contribution in [0.4, 0.5) is 4.39 Å². The molecule has 1 aliphatic carbocycles. The minimum Gasteiger partial charge on any atom is -0.207 e. The molecule has 1 aromatic rings. The molecule has 1 aromatic carbocycles. The van der Waals surface area contributed by atoms with Crippen molar-refractivity contribution in [2.45, 2.75) is 25.7 Å². The summed E-state index contributed by atoms with van der Waals surface area (Å²) in [4.78, 5) is 0. The zero-order valence-electron chi connectivity index (χ0n) is 7.59. The first kappa shape index (κ1) is 8.49. The van der Waals surface area contributed by atoms with E-state index in [-0.39, 0.29) is 5.82 Å². The fraction of sp³-hybridized carbons (Fsp3) is 0.333. The molecule has 1 fully saturated rings. The van der Waals surface area contributed by atoms with Gasteiger partial charge in [0, 0.05) is 0 Å². The molecule has 1 heteroatoms. The summed E-state index contributed by atoms with van der Waals surface area (Å²) in [5.74, 6) is -0.159. The monoisotopic (exact) mass is 176 g/mol. The molecule has 0 aromatic heterocycles. The lowest BCUT2D eigenvalue weighted by molar-refractivity contribution is 0.628. The zero-order valence-corrected chi connectivity index (χ0v) is 7.59. The SMILES string of the molecule is Fc1ccc(C=C2CCCC2)cc1. The fourth-order valence-electron chi connectivity index (χ4n) is 1.77. The summed E-state index contributed by atoms with van der Waals surface area (Å²) in [6, 6.07) is 6.70. The van der Waals surface area contributed by atoms with Gasteiger partial charge in [0.15, 0.2) is 0 Å². The van der Waals surface area contributed by atoms with E-state index < -0.39 is 0 Å². The highest BCUT2D eigenvalue weighted by Crippen LogP contribution is 2.25. The van der Waals surface area contributed by atoms with E-state index in [4.69, 9.17) is 0 Å². The van der Waals surface area contributed by atoms with Crippen LogP contribution in [0.25, 0.3) is 6.08 Å². The minimum atomic E-state index is -0.159. The van der Waals surface area contributed by atoms with Gasteiger partial charge in [0.2, 0.25) is 0 Å². The first-order valence-corrected chi connectivity index (χ1v) is 4.79. The molecular weight excluding hydrogens is 163 g/mol. The van der Waals surface area contributed by atoms with Crippen molar-refractivity contribution in [1.29, 1.82) is 0 Å². The van der Waals surface area contributed by atoms with Crippen LogP contribution in [0.2, 0.25) is 0 Å². The van der Waals surface area contributed by atoms with Gasteiger partial charge in [0.05, 0.1) is 0 Å². The van der Waals surface area contributed by atoms with Crippen molar-refractivity contribution in [3.05, 3.63) is 41.2 Å². The second-order valence-electron chi connectivity index (χ2n) is 3.56. The van der Waals surface area contributed by atoms with Crippen molar-refractivity contribution in [2.75, 3.05) is 0 Å². The van der Waals surface area contributed by atoms with Crippen LogP contribution < -0.4 is 0 Å². The third kappa shape index (κ3) is 2.18. The lowest BCUT2D eigenvalue weighted by Gasteiger charge is -1.96. The van der Waals surface area contributed by atoms with Crippen molar-refractivity contribution in [1.82, 2.24) is 0 Å². The lowest BCUT2D eigenvalue weighted by atomic mass is 10.1. The third-order valence-electron chi connectivity index (χ3n) is 2.49. The summed E-state index contributed by atoms with van der Waals surface area (Å²) in [7, 11) is 0. The average molecular weight is 176 g/mol. The van der Waals surface area contributed by atoms with Gasteiger partial charge in [-0.2, -0.15) is 0 Å². The quantitative estimate of drug-likeness (QED) is 0.610. The predicted molar refractivity (Wildman–Crippen MR) is 52.8 cm³/mol. The standard InChI is InChI=1S/C12H13F/c13-12-7-5-11(6-8-12)9-10-3-1-2-4-10/h5-9H,1-4H2. The van der Waals surface area contributed by atoms with E-state index in [2.05, 4.69) is 6.08 Å². The molecule has 0 heterocycles. The van der Waals surface area contributed by atoms with E-state index in [0.717, 1.165) is 5.56 Å². The van der Waals surface area contributed by atoms with Gasteiger partial charge in [-0.15, -0.1) is 0 Å². The molecule has 0 bridgehead atoms. The van der Waals surface area contributed by atoms with Crippen LogP contribution in [0.5, 0.6) is 0 Å². The van der Waals surface area contributed by atoms with E-state index >= 15 is 0 Å². The summed E-state index contributed by atoms with van der Waals surface area (Å²) in [5, 5.41) is 0. The molecule has 68 valence electrons. The Bertz CT molecular complexity index is 300. The highest BCUT2D eigenvalue weighted by Gasteiger charge is 2.05. The predicted octanol–water partition coefficient (Wildman–Crippen LogP) is 3.78. The summed E-state index contributed by atoms with van der Waals surface area (Å²) in [6.07, 6.45) is 7.25. The number of halogens is 1. The number of rotatable bonds is 1. The van der Waals surface area contributed by atoms with Crippen LogP contribution in [0.1, 0.15) is 31.2 Å². The first-order chi connectivity index (χ1) is 6.34. The zero-order chi connectivity index (χ0) is 9.10. The van der Waals surface area contributed by atoms with Gasteiger partial charge in [-0.25, -0.2) is 4.39 Å². The van der Waals surface area contributed by atoms with Crippen molar-refractivity contribution in [2.24, 2.45) is 0 Å². The van der Waals surface area contributed by atoms with Gasteiger partial charge in [-0.3, -0.25) is 0 Å². The molecule has 13 heavy (non-hydrogen) atoms. The molecule has 0 atom stereocenters. The summed E-state index contributed by atoms with van der Waals surface area (Å²) >= 11 is 0. The van der Waals surface area contributed by atoms with Crippen LogP contribution in [0.15, 0.2) is 29.8 Å². The molecule has 0 amide bonds. The molecule has 0 unspecified atom stereocenters. The Hall–Kier alpha value is -1.11. The number of allylic oxidation sites excluding steroid dienone is 1. The third-order valence-corrected chi connectivity index (χ3v) is 2.49. The fourth-order valence-corrected chi connectivity index (χ4v) is 1.77. The van der Waals surface area contributed by atoms with E-state index in [1.807, 2.05) is 12.1 Å². The van der Waals surface area contributed by atoms with E-state index in [1.165, 1.54) is 43.4 Å². The van der Waals surface area contributed by atoms with Crippen LogP contribution in [0, 0.1) is 5.82 Å². The highest BCUT2D eigenvalue weighted by molar-refractivity contribution is 5.53. The molecule has 0 aliphatic heterocycles. The van der Waals surface area contributed by atoms with Gasteiger partial charge in [-0.05, 0) is 43.4 Å². The van der Waals surface area contributed by atoms with E-state index in [0.29, 0.717) is 0 Å². The topological polar surface area (TPSA) is 0 Å². The Balaban J connectivity index is 2.17. The maximum absolute atomic E-state index is 12.6. The summed E-state index contributed by atoms with van der Waals surface area (Å²) in [5.41, 5.74) is 2.63. The molecule has 2 rings (SSSR count). The van der Waals surface area contributed by atoms with Crippen LogP contribution in [-0.2, 0) is 0 Å². The van der Waals surface area contributed by atoms with Gasteiger partial charge in [0.25, 0.3) is 0 Å². The summed E-state index contributed by atoms with van der Waals surface area (Å²) in [6.45, 7) is 0. The molecule has 1 saturated carbocycles. The molecule has 0 radical (unpaired) electrons. The van der Waals surface area contributed by atoms with E-state index in [9.17, 15) is 4.39 Å². The second kappa shape index (κ2) is 3.73. The van der Waals surface area contributed by atoms with Gasteiger partial charge >= 0.3 is 0 Å². The van der Waals surface area contributed by atoms with Gasteiger partial charge in [0.1, 0.15) is 5.82 Å². The lowest BCUT2D eigenvalue weighted by Crippen LogP contribution is -1.77. The Morgan fingerprint density at radius 3 is 2.23 bits per heavy atom. The average Bonchev–Trinajstić information content (AvgIpc) is 2.62. The van der Waals surface area contributed by atoms with Crippen molar-refractivity contribution in [3.63, 3.8) is 0 Å².